The van der Waals surface area contributed by atoms with E-state index in [-0.39, 0.29) is 0 Å². The van der Waals surface area contributed by atoms with E-state index < -0.39 is 18.4 Å². The van der Waals surface area contributed by atoms with Crippen molar-refractivity contribution in [1.29, 1.82) is 0 Å². The molecule has 0 heterocycles. The van der Waals surface area contributed by atoms with Crippen LogP contribution in [-0.2, 0) is 9.59 Å². The zero-order chi connectivity index (χ0) is 8.15. The molecule has 6 nitrogen and oxygen atoms in total. The van der Waals surface area contributed by atoms with Crippen molar-refractivity contribution in [2.45, 2.75) is 6.92 Å². The third-order valence-electron chi connectivity index (χ3n) is 0.747. The van der Waals surface area contributed by atoms with Crippen molar-refractivity contribution >= 4 is 11.9 Å². The fourth-order valence-corrected chi connectivity index (χ4v) is 0.326. The van der Waals surface area contributed by atoms with Crippen molar-refractivity contribution in [3.05, 3.63) is 4.91 Å². The van der Waals surface area contributed by atoms with E-state index in [4.69, 9.17) is 5.11 Å². The number of nitroso groups, excluding NO2 is 1. The standard InChI is InChI=1S/C4H6N2O4/c1-3(7)6(5-10)2-4(8)9/h2H2,1H3,(H,8,9). The number of hydrogen-bond acceptors (Lipinski definition) is 4. The lowest BCUT2D eigenvalue weighted by Crippen LogP contribution is -2.28. The Morgan fingerprint density at radius 1 is 1.60 bits per heavy atom. The Bertz CT molecular complexity index is 167. The number of aliphatic carboxylic acids is 1. The molecule has 0 fully saturated rings. The lowest BCUT2D eigenvalue weighted by atomic mass is 10.6. The lowest BCUT2D eigenvalue weighted by molar-refractivity contribution is -0.143. The molecule has 0 radical (unpaired) electrons. The van der Waals surface area contributed by atoms with Gasteiger partial charge in [-0.1, -0.05) is 0 Å². The summed E-state index contributed by atoms with van der Waals surface area (Å²) in [6.07, 6.45) is 0. The molecule has 0 aliphatic carbocycles. The van der Waals surface area contributed by atoms with Crippen molar-refractivity contribution in [3.8, 4) is 0 Å². The van der Waals surface area contributed by atoms with Gasteiger partial charge in [-0.25, -0.2) is 0 Å². The summed E-state index contributed by atoms with van der Waals surface area (Å²) >= 11 is 0. The largest absolute Gasteiger partial charge is 0.480 e. The van der Waals surface area contributed by atoms with Crippen molar-refractivity contribution in [3.63, 3.8) is 0 Å². The van der Waals surface area contributed by atoms with Crippen LogP contribution in [0.5, 0.6) is 0 Å². The summed E-state index contributed by atoms with van der Waals surface area (Å²) in [5, 5.41) is 10.6. The number of rotatable bonds is 3. The van der Waals surface area contributed by atoms with Gasteiger partial charge in [0.15, 0.2) is 0 Å². The third kappa shape index (κ3) is 2.75. The quantitative estimate of drug-likeness (QED) is 0.433. The van der Waals surface area contributed by atoms with E-state index in [1.165, 1.54) is 0 Å². The SMILES string of the molecule is CC(=O)N(CC(=O)O)N=O. The first-order valence-electron chi connectivity index (χ1n) is 2.41. The number of carboxylic acid groups (broad SMARTS) is 1. The number of carboxylic acids is 1. The fraction of sp³-hybridized carbons (Fsp3) is 0.500. The maximum absolute atomic E-state index is 10.3. The molecule has 0 bridgehead atoms. The van der Waals surface area contributed by atoms with Crippen molar-refractivity contribution in [1.82, 2.24) is 5.01 Å². The van der Waals surface area contributed by atoms with E-state index in [0.29, 0.717) is 5.01 Å². The van der Waals surface area contributed by atoms with Crippen LogP contribution in [0.3, 0.4) is 0 Å². The molecule has 0 aliphatic heterocycles. The molecule has 0 aromatic rings. The van der Waals surface area contributed by atoms with E-state index >= 15 is 0 Å². The highest BCUT2D eigenvalue weighted by Crippen LogP contribution is 1.87. The van der Waals surface area contributed by atoms with E-state index in [1.807, 2.05) is 0 Å². The molecule has 0 spiro atoms. The van der Waals surface area contributed by atoms with Crippen LogP contribution < -0.4 is 0 Å². The van der Waals surface area contributed by atoms with Crippen LogP contribution >= 0.6 is 0 Å². The van der Waals surface area contributed by atoms with Gasteiger partial charge < -0.3 is 5.11 Å². The summed E-state index contributed by atoms with van der Waals surface area (Å²) in [4.78, 5) is 29.8. The summed E-state index contributed by atoms with van der Waals surface area (Å²) < 4.78 is 0. The smallest absolute Gasteiger partial charge is 0.325 e. The van der Waals surface area contributed by atoms with E-state index in [0.717, 1.165) is 6.92 Å². The highest BCUT2D eigenvalue weighted by atomic mass is 16.4. The number of carbonyl (C=O) groups is 2. The van der Waals surface area contributed by atoms with Crippen LogP contribution in [0.4, 0.5) is 0 Å². The first kappa shape index (κ1) is 8.54. The first-order valence-corrected chi connectivity index (χ1v) is 2.41. The van der Waals surface area contributed by atoms with Crippen LogP contribution in [0.2, 0.25) is 0 Å². The fourth-order valence-electron chi connectivity index (χ4n) is 0.326. The molecule has 0 saturated heterocycles. The Labute approximate surface area is 56.4 Å². The zero-order valence-corrected chi connectivity index (χ0v) is 5.27. The average molecular weight is 146 g/mol. The van der Waals surface area contributed by atoms with E-state index in [9.17, 15) is 14.5 Å². The minimum atomic E-state index is -1.27. The van der Waals surface area contributed by atoms with Gasteiger partial charge in [0.1, 0.15) is 6.54 Å². The minimum absolute atomic E-state index is 0.322. The average Bonchev–Trinajstić information content (AvgIpc) is 1.81. The Balaban J connectivity index is 3.96. The molecule has 6 heteroatoms. The van der Waals surface area contributed by atoms with Crippen LogP contribution in [-0.4, -0.2) is 28.5 Å². The molecular formula is C4H6N2O4. The van der Waals surface area contributed by atoms with Gasteiger partial charge in [-0.15, -0.1) is 4.91 Å². The molecule has 0 atom stereocenters. The monoisotopic (exact) mass is 146 g/mol. The van der Waals surface area contributed by atoms with Gasteiger partial charge >= 0.3 is 5.97 Å². The van der Waals surface area contributed by atoms with E-state index in [1.54, 1.807) is 0 Å². The number of carbonyl (C=O) groups excluding carboxylic acids is 1. The Kier molecular flexibility index (Phi) is 3.03. The number of nitrogens with zero attached hydrogens (tertiary/aromatic N) is 2. The molecule has 0 rings (SSSR count). The zero-order valence-electron chi connectivity index (χ0n) is 5.27. The van der Waals surface area contributed by atoms with Gasteiger partial charge in [0.05, 0.1) is 5.29 Å². The highest BCUT2D eigenvalue weighted by molar-refractivity contribution is 5.79. The normalized spacial score (nSPS) is 8.50. The van der Waals surface area contributed by atoms with Gasteiger partial charge in [-0.2, -0.15) is 5.01 Å². The first-order chi connectivity index (χ1) is 4.57. The molecule has 0 aliphatic rings. The minimum Gasteiger partial charge on any atom is -0.480 e. The second-order valence-electron chi connectivity index (χ2n) is 1.55. The molecule has 0 aromatic heterocycles. The predicted octanol–water partition coefficient (Wildman–Crippen LogP) is -0.399. The Hall–Kier alpha value is -1.46. The molecule has 1 amide bonds. The van der Waals surface area contributed by atoms with Gasteiger partial charge in [0, 0.05) is 6.92 Å². The summed E-state index contributed by atoms with van der Waals surface area (Å²) in [5.41, 5.74) is 0. The summed E-state index contributed by atoms with van der Waals surface area (Å²) in [7, 11) is 0. The van der Waals surface area contributed by atoms with Gasteiger partial charge in [-0.05, 0) is 0 Å². The molecule has 0 saturated carbocycles. The second-order valence-corrected chi connectivity index (χ2v) is 1.55. The van der Waals surface area contributed by atoms with Crippen LogP contribution in [0.25, 0.3) is 0 Å². The molecular weight excluding hydrogens is 140 g/mol. The van der Waals surface area contributed by atoms with Crippen LogP contribution in [0.15, 0.2) is 5.29 Å². The predicted molar refractivity (Wildman–Crippen MR) is 30.8 cm³/mol. The van der Waals surface area contributed by atoms with Gasteiger partial charge in [0.2, 0.25) is 5.91 Å². The highest BCUT2D eigenvalue weighted by Gasteiger charge is 2.11. The van der Waals surface area contributed by atoms with E-state index in [2.05, 4.69) is 5.29 Å². The van der Waals surface area contributed by atoms with Gasteiger partial charge in [-0.3, -0.25) is 9.59 Å². The number of amides is 1. The number of hydrogen-bond donors (Lipinski definition) is 1. The van der Waals surface area contributed by atoms with Crippen molar-refractivity contribution in [2.75, 3.05) is 6.54 Å². The third-order valence-corrected chi connectivity index (χ3v) is 0.747. The molecule has 10 heavy (non-hydrogen) atoms. The van der Waals surface area contributed by atoms with Crippen LogP contribution in [0, 0.1) is 4.91 Å². The second kappa shape index (κ2) is 3.54. The molecule has 1 N–H and O–H groups in total. The topological polar surface area (TPSA) is 87.0 Å². The maximum atomic E-state index is 10.3. The van der Waals surface area contributed by atoms with Crippen molar-refractivity contribution in [2.24, 2.45) is 5.29 Å². The maximum Gasteiger partial charge on any atom is 0.325 e. The molecule has 56 valence electrons. The Morgan fingerprint density at radius 2 is 2.10 bits per heavy atom. The summed E-state index contributed by atoms with van der Waals surface area (Å²) in [6, 6.07) is 0. The summed E-state index contributed by atoms with van der Waals surface area (Å²) in [6.45, 7) is 0.378. The Morgan fingerprint density at radius 3 is 2.20 bits per heavy atom. The van der Waals surface area contributed by atoms with Gasteiger partial charge in [0.25, 0.3) is 0 Å². The van der Waals surface area contributed by atoms with Crippen molar-refractivity contribution < 1.29 is 14.7 Å². The lowest BCUT2D eigenvalue weighted by Gasteiger charge is -2.05. The summed E-state index contributed by atoms with van der Waals surface area (Å²) in [5.74, 6) is -1.95. The molecule has 0 aromatic carbocycles. The van der Waals surface area contributed by atoms with Crippen LogP contribution in [0.1, 0.15) is 6.92 Å². The molecule has 0 unspecified atom stereocenters.